The van der Waals surface area contributed by atoms with Gasteiger partial charge < -0.3 is 10.1 Å². The third kappa shape index (κ3) is 6.72. The first kappa shape index (κ1) is 23.2. The fourth-order valence-electron chi connectivity index (χ4n) is 2.36. The van der Waals surface area contributed by atoms with Gasteiger partial charge in [-0.25, -0.2) is 8.78 Å². The number of anilines is 1. The van der Waals surface area contributed by atoms with Gasteiger partial charge in [0, 0.05) is 10.5 Å². The van der Waals surface area contributed by atoms with Gasteiger partial charge in [0.2, 0.25) is 0 Å². The van der Waals surface area contributed by atoms with Crippen LogP contribution < -0.4 is 5.32 Å². The van der Waals surface area contributed by atoms with Gasteiger partial charge in [0.25, 0.3) is 5.91 Å². The first-order valence-corrected chi connectivity index (χ1v) is 10.2. The molecule has 8 heteroatoms. The van der Waals surface area contributed by atoms with E-state index in [1.165, 1.54) is 24.3 Å². The summed E-state index contributed by atoms with van der Waals surface area (Å²) in [5, 5.41) is 1.97. The zero-order valence-electron chi connectivity index (χ0n) is 16.5. The second kappa shape index (κ2) is 9.59. The summed E-state index contributed by atoms with van der Waals surface area (Å²) in [5.74, 6) is -2.39. The van der Waals surface area contributed by atoms with Crippen molar-refractivity contribution in [3.05, 3.63) is 58.6 Å². The number of carbonyl (C=O) groups excluding carboxylic acids is 2. The molecule has 29 heavy (non-hydrogen) atoms. The first-order valence-electron chi connectivity index (χ1n) is 8.95. The van der Waals surface area contributed by atoms with E-state index >= 15 is 0 Å². The van der Waals surface area contributed by atoms with E-state index in [0.717, 1.165) is 23.9 Å². The summed E-state index contributed by atoms with van der Waals surface area (Å²) in [4.78, 5) is 25.1. The van der Waals surface area contributed by atoms with Crippen LogP contribution in [0.1, 0.15) is 44.5 Å². The van der Waals surface area contributed by atoms with E-state index in [4.69, 9.17) is 16.3 Å². The molecule has 2 aromatic rings. The van der Waals surface area contributed by atoms with E-state index in [1.807, 2.05) is 6.92 Å². The van der Waals surface area contributed by atoms with Crippen LogP contribution in [0.15, 0.2) is 41.3 Å². The number of amides is 1. The Morgan fingerprint density at radius 3 is 2.48 bits per heavy atom. The predicted octanol–water partition coefficient (Wildman–Crippen LogP) is 6.08. The van der Waals surface area contributed by atoms with Gasteiger partial charge in [0.15, 0.2) is 0 Å². The largest absolute Gasteiger partial charge is 0.459 e. The third-order valence-electron chi connectivity index (χ3n) is 3.67. The molecule has 1 atom stereocenters. The number of hydrogen-bond donors (Lipinski definition) is 1. The molecule has 0 bridgehead atoms. The number of nitrogens with one attached hydrogen (secondary N) is 1. The SMILES string of the molecule is CCC(Sc1cc(NC(=O)c2cccc(F)c2)c(F)cc1Cl)C(=O)OC(C)(C)C. The van der Waals surface area contributed by atoms with E-state index < -0.39 is 34.4 Å². The van der Waals surface area contributed by atoms with E-state index in [9.17, 15) is 18.4 Å². The lowest BCUT2D eigenvalue weighted by molar-refractivity contribution is -0.154. The summed E-state index contributed by atoms with van der Waals surface area (Å²) >= 11 is 7.27. The number of esters is 1. The highest BCUT2D eigenvalue weighted by atomic mass is 35.5. The zero-order chi connectivity index (χ0) is 21.8. The number of benzene rings is 2. The molecule has 1 unspecified atom stereocenters. The Balaban J connectivity index is 2.24. The summed E-state index contributed by atoms with van der Waals surface area (Å²) in [7, 11) is 0. The highest BCUT2D eigenvalue weighted by molar-refractivity contribution is 8.00. The fraction of sp³-hybridized carbons (Fsp3) is 0.333. The van der Waals surface area contributed by atoms with Crippen molar-refractivity contribution >= 4 is 40.9 Å². The summed E-state index contributed by atoms with van der Waals surface area (Å²) < 4.78 is 33.0. The van der Waals surface area contributed by atoms with Crippen molar-refractivity contribution < 1.29 is 23.1 Å². The molecule has 0 aromatic heterocycles. The van der Waals surface area contributed by atoms with Crippen LogP contribution in [0.25, 0.3) is 0 Å². The Morgan fingerprint density at radius 2 is 1.90 bits per heavy atom. The van der Waals surface area contributed by atoms with Gasteiger partial charge in [-0.3, -0.25) is 9.59 Å². The van der Waals surface area contributed by atoms with E-state index in [1.54, 1.807) is 20.8 Å². The van der Waals surface area contributed by atoms with Gasteiger partial charge in [0.1, 0.15) is 22.5 Å². The maximum atomic E-state index is 14.3. The van der Waals surface area contributed by atoms with Gasteiger partial charge in [0.05, 0.1) is 10.7 Å². The number of carbonyl (C=O) groups is 2. The Morgan fingerprint density at radius 1 is 1.21 bits per heavy atom. The second-order valence-electron chi connectivity index (χ2n) is 7.28. The van der Waals surface area contributed by atoms with Gasteiger partial charge in [-0.15, -0.1) is 11.8 Å². The van der Waals surface area contributed by atoms with Gasteiger partial charge in [-0.05, 0) is 57.5 Å². The fourth-order valence-corrected chi connectivity index (χ4v) is 3.62. The van der Waals surface area contributed by atoms with Crippen LogP contribution in [-0.4, -0.2) is 22.7 Å². The van der Waals surface area contributed by atoms with Gasteiger partial charge >= 0.3 is 5.97 Å². The normalized spacial score (nSPS) is 12.4. The number of ether oxygens (including phenoxy) is 1. The number of halogens is 3. The first-order chi connectivity index (χ1) is 13.5. The molecule has 0 aliphatic rings. The average molecular weight is 442 g/mol. The maximum Gasteiger partial charge on any atom is 0.319 e. The van der Waals surface area contributed by atoms with Crippen LogP contribution in [0, 0.1) is 11.6 Å². The van der Waals surface area contributed by atoms with Crippen LogP contribution in [0.4, 0.5) is 14.5 Å². The standard InChI is InChI=1S/C21H22ClF2NO3S/c1-5-17(20(27)28-21(2,3)4)29-18-11-16(15(24)10-14(18)22)25-19(26)12-7-6-8-13(23)9-12/h6-11,17H,5H2,1-4H3,(H,25,26). The van der Waals surface area contributed by atoms with Crippen molar-refractivity contribution in [2.45, 2.75) is 49.9 Å². The van der Waals surface area contributed by atoms with Gasteiger partial charge in [-0.2, -0.15) is 0 Å². The molecular formula is C21H22ClF2NO3S. The van der Waals surface area contributed by atoms with Crippen LogP contribution >= 0.6 is 23.4 Å². The van der Waals surface area contributed by atoms with Crippen LogP contribution in [0.2, 0.25) is 5.02 Å². The minimum absolute atomic E-state index is 0.0498. The second-order valence-corrected chi connectivity index (χ2v) is 8.93. The predicted molar refractivity (Wildman–Crippen MR) is 112 cm³/mol. The molecular weight excluding hydrogens is 420 g/mol. The van der Waals surface area contributed by atoms with Crippen molar-refractivity contribution in [1.29, 1.82) is 0 Å². The minimum Gasteiger partial charge on any atom is -0.459 e. The molecule has 2 aromatic carbocycles. The molecule has 156 valence electrons. The average Bonchev–Trinajstić information content (AvgIpc) is 2.61. The molecule has 1 amide bonds. The smallest absolute Gasteiger partial charge is 0.319 e. The molecule has 2 rings (SSSR count). The zero-order valence-corrected chi connectivity index (χ0v) is 18.1. The number of hydrogen-bond acceptors (Lipinski definition) is 4. The molecule has 0 spiro atoms. The maximum absolute atomic E-state index is 14.3. The topological polar surface area (TPSA) is 55.4 Å². The van der Waals surface area contributed by atoms with Gasteiger partial charge in [-0.1, -0.05) is 24.6 Å². The summed E-state index contributed by atoms with van der Waals surface area (Å²) in [5.41, 5.74) is -0.708. The van der Waals surface area contributed by atoms with E-state index in [0.29, 0.717) is 11.3 Å². The Bertz CT molecular complexity index is 915. The molecule has 0 saturated carbocycles. The third-order valence-corrected chi connectivity index (χ3v) is 5.49. The summed E-state index contributed by atoms with van der Waals surface area (Å²) in [6, 6.07) is 7.47. The van der Waals surface area contributed by atoms with Crippen LogP contribution in [0.3, 0.4) is 0 Å². The highest BCUT2D eigenvalue weighted by Gasteiger charge is 2.26. The molecule has 0 heterocycles. The Labute approximate surface area is 178 Å². The Kier molecular flexibility index (Phi) is 7.66. The van der Waals surface area contributed by atoms with Crippen molar-refractivity contribution in [2.24, 2.45) is 0 Å². The lowest BCUT2D eigenvalue weighted by Crippen LogP contribution is -2.30. The van der Waals surface area contributed by atoms with Crippen molar-refractivity contribution in [3.8, 4) is 0 Å². The van der Waals surface area contributed by atoms with Crippen molar-refractivity contribution in [1.82, 2.24) is 0 Å². The number of thioether (sulfide) groups is 1. The molecule has 4 nitrogen and oxygen atoms in total. The lowest BCUT2D eigenvalue weighted by atomic mass is 10.2. The van der Waals surface area contributed by atoms with Crippen molar-refractivity contribution in [2.75, 3.05) is 5.32 Å². The van der Waals surface area contributed by atoms with E-state index in [2.05, 4.69) is 5.32 Å². The minimum atomic E-state index is -0.741. The van der Waals surface area contributed by atoms with E-state index in [-0.39, 0.29) is 16.3 Å². The van der Waals surface area contributed by atoms with Crippen molar-refractivity contribution in [3.63, 3.8) is 0 Å². The molecule has 0 saturated heterocycles. The summed E-state index contributed by atoms with van der Waals surface area (Å²) in [6.07, 6.45) is 0.471. The quantitative estimate of drug-likeness (QED) is 0.435. The molecule has 0 aliphatic heterocycles. The Hall–Kier alpha value is -2.12. The number of rotatable bonds is 6. The monoisotopic (exact) mass is 441 g/mol. The summed E-state index contributed by atoms with van der Waals surface area (Å²) in [6.45, 7) is 7.14. The highest BCUT2D eigenvalue weighted by Crippen LogP contribution is 2.36. The molecule has 1 N–H and O–H groups in total. The van der Waals surface area contributed by atoms with Crippen LogP contribution in [-0.2, 0) is 9.53 Å². The molecule has 0 fully saturated rings. The molecule has 0 aliphatic carbocycles. The lowest BCUT2D eigenvalue weighted by Gasteiger charge is -2.23. The molecule has 0 radical (unpaired) electrons. The van der Waals surface area contributed by atoms with Crippen LogP contribution in [0.5, 0.6) is 0 Å².